The van der Waals surface area contributed by atoms with Crippen LogP contribution in [0.4, 0.5) is 0 Å². The first kappa shape index (κ1) is 19.0. The molecular formula is C20H26N2O3. The number of amides is 1. The zero-order valence-corrected chi connectivity index (χ0v) is 15.0. The van der Waals surface area contributed by atoms with E-state index in [9.17, 15) is 4.79 Å². The molecule has 0 unspecified atom stereocenters. The summed E-state index contributed by atoms with van der Waals surface area (Å²) in [5.74, 6) is 0.155. The number of rotatable bonds is 6. The summed E-state index contributed by atoms with van der Waals surface area (Å²) in [4.78, 5) is 11.2. The minimum absolute atomic E-state index is 0.142. The van der Waals surface area contributed by atoms with E-state index in [0.717, 1.165) is 16.9 Å². The van der Waals surface area contributed by atoms with Gasteiger partial charge in [-0.3, -0.25) is 10.0 Å². The molecule has 134 valence electrons. The molecule has 25 heavy (non-hydrogen) atoms. The van der Waals surface area contributed by atoms with Crippen LogP contribution in [0.3, 0.4) is 0 Å². The van der Waals surface area contributed by atoms with Gasteiger partial charge in [0.15, 0.2) is 0 Å². The Morgan fingerprint density at radius 2 is 1.64 bits per heavy atom. The van der Waals surface area contributed by atoms with Crippen LogP contribution in [0.15, 0.2) is 48.5 Å². The molecule has 0 fully saturated rings. The van der Waals surface area contributed by atoms with Crippen molar-refractivity contribution in [3.63, 3.8) is 0 Å². The molecule has 2 rings (SSSR count). The van der Waals surface area contributed by atoms with Gasteiger partial charge in [0.2, 0.25) is 0 Å². The predicted octanol–water partition coefficient (Wildman–Crippen LogP) is 2.94. The number of benzene rings is 2. The van der Waals surface area contributed by atoms with Gasteiger partial charge in [-0.2, -0.15) is 0 Å². The van der Waals surface area contributed by atoms with Crippen molar-refractivity contribution in [3.05, 3.63) is 65.2 Å². The van der Waals surface area contributed by atoms with Crippen LogP contribution in [0, 0.1) is 0 Å². The Morgan fingerprint density at radius 3 is 2.16 bits per heavy atom. The molecular weight excluding hydrogens is 316 g/mol. The number of hydroxylamine groups is 1. The van der Waals surface area contributed by atoms with Crippen molar-refractivity contribution in [2.45, 2.75) is 45.3 Å². The van der Waals surface area contributed by atoms with Gasteiger partial charge in [0.05, 0.1) is 6.04 Å². The number of carbonyl (C=O) groups excluding carboxylic acids is 1. The van der Waals surface area contributed by atoms with E-state index in [1.54, 1.807) is 5.48 Å². The molecule has 0 saturated carbocycles. The van der Waals surface area contributed by atoms with E-state index in [2.05, 4.69) is 45.0 Å². The summed E-state index contributed by atoms with van der Waals surface area (Å²) in [7, 11) is 0. The van der Waals surface area contributed by atoms with Gasteiger partial charge in [0.1, 0.15) is 12.4 Å². The molecule has 0 aliphatic carbocycles. The Bertz CT molecular complexity index is 688. The summed E-state index contributed by atoms with van der Waals surface area (Å²) in [5.41, 5.74) is 10.7. The molecule has 0 spiro atoms. The zero-order chi connectivity index (χ0) is 18.4. The van der Waals surface area contributed by atoms with Gasteiger partial charge >= 0.3 is 0 Å². The fourth-order valence-electron chi connectivity index (χ4n) is 2.42. The minimum Gasteiger partial charge on any atom is -0.489 e. The van der Waals surface area contributed by atoms with Gasteiger partial charge in [-0.1, -0.05) is 57.2 Å². The molecule has 2 aromatic carbocycles. The third-order valence-electron chi connectivity index (χ3n) is 4.05. The fourth-order valence-corrected chi connectivity index (χ4v) is 2.42. The van der Waals surface area contributed by atoms with E-state index < -0.39 is 11.9 Å². The summed E-state index contributed by atoms with van der Waals surface area (Å²) >= 11 is 0. The lowest BCUT2D eigenvalue weighted by Gasteiger charge is -2.19. The van der Waals surface area contributed by atoms with Crippen LogP contribution in [-0.4, -0.2) is 17.2 Å². The largest absolute Gasteiger partial charge is 0.489 e. The lowest BCUT2D eigenvalue weighted by molar-refractivity contribution is -0.130. The van der Waals surface area contributed by atoms with Crippen molar-refractivity contribution in [3.8, 4) is 5.75 Å². The molecule has 0 aromatic heterocycles. The van der Waals surface area contributed by atoms with Crippen molar-refractivity contribution in [1.82, 2.24) is 5.48 Å². The van der Waals surface area contributed by atoms with Gasteiger partial charge in [0.25, 0.3) is 5.91 Å². The maximum atomic E-state index is 11.2. The maximum Gasteiger partial charge on any atom is 0.260 e. The third kappa shape index (κ3) is 5.59. The van der Waals surface area contributed by atoms with Crippen molar-refractivity contribution >= 4 is 5.91 Å². The number of hydrogen-bond donors (Lipinski definition) is 3. The van der Waals surface area contributed by atoms with Gasteiger partial charge in [-0.25, -0.2) is 5.48 Å². The van der Waals surface area contributed by atoms with Crippen LogP contribution in [0.5, 0.6) is 5.75 Å². The molecule has 0 radical (unpaired) electrons. The maximum absolute atomic E-state index is 11.2. The van der Waals surface area contributed by atoms with Crippen LogP contribution >= 0.6 is 0 Å². The second kappa shape index (κ2) is 8.14. The summed E-state index contributed by atoms with van der Waals surface area (Å²) in [6, 6.07) is 15.1. The first-order valence-electron chi connectivity index (χ1n) is 8.30. The highest BCUT2D eigenvalue weighted by Crippen LogP contribution is 2.22. The van der Waals surface area contributed by atoms with E-state index in [4.69, 9.17) is 15.7 Å². The minimum atomic E-state index is -0.780. The van der Waals surface area contributed by atoms with Crippen LogP contribution in [0.2, 0.25) is 0 Å². The second-order valence-corrected chi connectivity index (χ2v) is 7.17. The topological polar surface area (TPSA) is 84.6 Å². The van der Waals surface area contributed by atoms with Crippen LogP contribution in [0.25, 0.3) is 0 Å². The average molecular weight is 342 g/mol. The Kier molecular flexibility index (Phi) is 6.17. The first-order chi connectivity index (χ1) is 11.8. The number of hydrogen-bond acceptors (Lipinski definition) is 4. The molecule has 1 atom stereocenters. The molecule has 2 aromatic rings. The van der Waals surface area contributed by atoms with Gasteiger partial charge in [0, 0.05) is 0 Å². The molecule has 0 aliphatic rings. The first-order valence-corrected chi connectivity index (χ1v) is 8.30. The lowest BCUT2D eigenvalue weighted by Crippen LogP contribution is -2.40. The molecule has 0 heterocycles. The van der Waals surface area contributed by atoms with Crippen LogP contribution < -0.4 is 16.0 Å². The van der Waals surface area contributed by atoms with Gasteiger partial charge in [-0.15, -0.1) is 0 Å². The van der Waals surface area contributed by atoms with Crippen LogP contribution in [-0.2, 0) is 23.2 Å². The van der Waals surface area contributed by atoms with Gasteiger partial charge < -0.3 is 10.5 Å². The van der Waals surface area contributed by atoms with Crippen molar-refractivity contribution in [2.75, 3.05) is 0 Å². The second-order valence-electron chi connectivity index (χ2n) is 7.17. The molecule has 5 heteroatoms. The van der Waals surface area contributed by atoms with E-state index in [-0.39, 0.29) is 5.41 Å². The average Bonchev–Trinajstić information content (AvgIpc) is 2.60. The highest BCUT2D eigenvalue weighted by atomic mass is 16.5. The smallest absolute Gasteiger partial charge is 0.260 e. The zero-order valence-electron chi connectivity index (χ0n) is 15.0. The Morgan fingerprint density at radius 1 is 1.08 bits per heavy atom. The molecule has 0 bridgehead atoms. The van der Waals surface area contributed by atoms with Crippen molar-refractivity contribution in [1.29, 1.82) is 0 Å². The van der Waals surface area contributed by atoms with E-state index in [1.165, 1.54) is 5.56 Å². The predicted molar refractivity (Wildman–Crippen MR) is 97.5 cm³/mol. The SMILES string of the molecule is CC(C)(C)c1ccc(COc2ccc(C[C@H](N)C(=O)NO)cc2)cc1. The number of ether oxygens (including phenoxy) is 1. The quantitative estimate of drug-likeness (QED) is 0.557. The highest BCUT2D eigenvalue weighted by Gasteiger charge is 2.14. The normalized spacial score (nSPS) is 12.5. The number of nitrogens with one attached hydrogen (secondary N) is 1. The molecule has 0 saturated heterocycles. The van der Waals surface area contributed by atoms with E-state index in [0.29, 0.717) is 13.0 Å². The summed E-state index contributed by atoms with van der Waals surface area (Å²) in [6.45, 7) is 7.07. The Balaban J connectivity index is 1.90. The van der Waals surface area contributed by atoms with E-state index >= 15 is 0 Å². The van der Waals surface area contributed by atoms with Gasteiger partial charge in [-0.05, 0) is 40.7 Å². The summed E-state index contributed by atoms with van der Waals surface area (Å²) in [5, 5.41) is 8.57. The monoisotopic (exact) mass is 342 g/mol. The number of nitrogens with two attached hydrogens (primary N) is 1. The molecule has 4 N–H and O–H groups in total. The molecule has 1 amide bonds. The highest BCUT2D eigenvalue weighted by molar-refractivity contribution is 5.80. The fraction of sp³-hybridized carbons (Fsp3) is 0.350. The van der Waals surface area contributed by atoms with Crippen molar-refractivity contribution in [2.24, 2.45) is 5.73 Å². The Labute approximate surface area is 148 Å². The van der Waals surface area contributed by atoms with E-state index in [1.807, 2.05) is 24.3 Å². The molecule has 0 aliphatic heterocycles. The standard InChI is InChI=1S/C20H26N2O3/c1-20(2,3)16-8-4-15(5-9-16)13-25-17-10-6-14(7-11-17)12-18(21)19(23)22-24/h4-11,18,24H,12-13,21H2,1-3H3,(H,22,23)/t18-/m0/s1. The summed E-state index contributed by atoms with van der Waals surface area (Å²) < 4.78 is 5.80. The van der Waals surface area contributed by atoms with Crippen LogP contribution in [0.1, 0.15) is 37.5 Å². The summed E-state index contributed by atoms with van der Waals surface area (Å²) in [6.07, 6.45) is 0.348. The lowest BCUT2D eigenvalue weighted by atomic mass is 9.87. The van der Waals surface area contributed by atoms with Crippen molar-refractivity contribution < 1.29 is 14.7 Å². The third-order valence-corrected chi connectivity index (χ3v) is 4.05. The number of carbonyl (C=O) groups is 1. The molecule has 5 nitrogen and oxygen atoms in total. The Hall–Kier alpha value is -2.37.